The molecular weight excluding hydrogens is 152 g/mol. The van der Waals surface area contributed by atoms with Crippen LogP contribution in [-0.2, 0) is 4.74 Å². The van der Waals surface area contributed by atoms with E-state index in [1.165, 1.54) is 6.26 Å². The number of pyridine rings is 1. The number of ether oxygens (including phenoxy) is 1. The van der Waals surface area contributed by atoms with Gasteiger partial charge in [0.25, 0.3) is 0 Å². The van der Waals surface area contributed by atoms with Crippen LogP contribution >= 0.6 is 0 Å². The van der Waals surface area contributed by atoms with Gasteiger partial charge in [-0.2, -0.15) is 0 Å². The second-order valence-electron chi connectivity index (χ2n) is 2.36. The van der Waals surface area contributed by atoms with E-state index in [1.54, 1.807) is 12.4 Å². The first kappa shape index (κ1) is 8.46. The Morgan fingerprint density at radius 2 is 2.42 bits per heavy atom. The first-order chi connectivity index (χ1) is 5.74. The van der Waals surface area contributed by atoms with Gasteiger partial charge in [-0.25, -0.2) is 0 Å². The molecule has 0 bridgehead atoms. The monoisotopic (exact) mass is 162 g/mol. The molecule has 0 aromatic carbocycles. The average Bonchev–Trinajstić information content (AvgIpc) is 2.05. The number of hydrogen-bond acceptors (Lipinski definition) is 3. The lowest BCUT2D eigenvalue weighted by atomic mass is 10.2. The van der Waals surface area contributed by atoms with E-state index in [4.69, 9.17) is 10.1 Å². The first-order valence-corrected chi connectivity index (χ1v) is 3.52. The Hall–Kier alpha value is -1.64. The number of aryl methyl sites for hydroxylation is 1. The third kappa shape index (κ3) is 1.92. The van der Waals surface area contributed by atoms with E-state index in [1.807, 2.05) is 13.0 Å². The van der Waals surface area contributed by atoms with Gasteiger partial charge in [0.15, 0.2) is 0 Å². The summed E-state index contributed by atoms with van der Waals surface area (Å²) in [5.74, 6) is 0.0706. The summed E-state index contributed by atoms with van der Waals surface area (Å²) in [6, 6.07) is 1.83. The van der Waals surface area contributed by atoms with Crippen molar-refractivity contribution in [3.63, 3.8) is 0 Å². The van der Waals surface area contributed by atoms with E-state index in [2.05, 4.69) is 11.6 Å². The van der Waals surface area contributed by atoms with E-state index in [0.717, 1.165) is 5.56 Å². The summed E-state index contributed by atoms with van der Waals surface area (Å²) in [5, 5.41) is 7.39. The minimum absolute atomic E-state index is 0.0706. The molecule has 0 fully saturated rings. The van der Waals surface area contributed by atoms with Crippen LogP contribution in [0.25, 0.3) is 0 Å². The maximum absolute atomic E-state index is 7.39. The van der Waals surface area contributed by atoms with E-state index >= 15 is 0 Å². The topological polar surface area (TPSA) is 46.0 Å². The van der Waals surface area contributed by atoms with Crippen LogP contribution in [0.1, 0.15) is 11.1 Å². The maximum atomic E-state index is 7.39. The molecule has 0 aliphatic carbocycles. The summed E-state index contributed by atoms with van der Waals surface area (Å²) in [6.45, 7) is 5.28. The van der Waals surface area contributed by atoms with Crippen molar-refractivity contribution in [2.24, 2.45) is 0 Å². The summed E-state index contributed by atoms with van der Waals surface area (Å²) < 4.78 is 4.79. The molecule has 3 nitrogen and oxygen atoms in total. The Morgan fingerprint density at radius 1 is 1.67 bits per heavy atom. The number of nitrogens with zero attached hydrogens (tertiary/aromatic N) is 1. The highest BCUT2D eigenvalue weighted by atomic mass is 16.5. The van der Waals surface area contributed by atoms with Crippen molar-refractivity contribution in [3.8, 4) is 0 Å². The number of rotatable bonds is 2. The van der Waals surface area contributed by atoms with Crippen molar-refractivity contribution in [1.82, 2.24) is 4.98 Å². The molecule has 0 saturated carbocycles. The van der Waals surface area contributed by atoms with Gasteiger partial charge in [0.2, 0.25) is 5.90 Å². The van der Waals surface area contributed by atoms with Gasteiger partial charge in [-0.05, 0) is 18.6 Å². The fourth-order valence-corrected chi connectivity index (χ4v) is 0.831. The van der Waals surface area contributed by atoms with Gasteiger partial charge in [-0.15, -0.1) is 0 Å². The van der Waals surface area contributed by atoms with Gasteiger partial charge in [0.05, 0.1) is 11.8 Å². The Morgan fingerprint density at radius 3 is 3.00 bits per heavy atom. The molecule has 1 heterocycles. The van der Waals surface area contributed by atoms with Crippen LogP contribution in [-0.4, -0.2) is 10.9 Å². The minimum atomic E-state index is 0.0706. The largest absolute Gasteiger partial charge is 0.447 e. The first-order valence-electron chi connectivity index (χ1n) is 3.52. The Kier molecular flexibility index (Phi) is 2.58. The predicted octanol–water partition coefficient (Wildman–Crippen LogP) is 1.88. The maximum Gasteiger partial charge on any atom is 0.219 e. The molecule has 0 unspecified atom stereocenters. The van der Waals surface area contributed by atoms with Gasteiger partial charge in [-0.3, -0.25) is 10.4 Å². The normalized spacial score (nSPS) is 9.08. The molecule has 12 heavy (non-hydrogen) atoms. The van der Waals surface area contributed by atoms with Gasteiger partial charge in [0, 0.05) is 12.4 Å². The van der Waals surface area contributed by atoms with Gasteiger partial charge >= 0.3 is 0 Å². The molecule has 0 atom stereocenters. The second-order valence-corrected chi connectivity index (χ2v) is 2.36. The van der Waals surface area contributed by atoms with Crippen molar-refractivity contribution in [3.05, 3.63) is 42.4 Å². The molecule has 0 aliphatic rings. The van der Waals surface area contributed by atoms with Gasteiger partial charge in [-0.1, -0.05) is 6.58 Å². The molecule has 0 radical (unpaired) electrons. The van der Waals surface area contributed by atoms with E-state index in [9.17, 15) is 0 Å². The Labute approximate surface area is 71.2 Å². The van der Waals surface area contributed by atoms with Crippen LogP contribution in [0.3, 0.4) is 0 Å². The second kappa shape index (κ2) is 3.67. The van der Waals surface area contributed by atoms with Crippen molar-refractivity contribution in [2.75, 3.05) is 0 Å². The fourth-order valence-electron chi connectivity index (χ4n) is 0.831. The predicted molar refractivity (Wildman–Crippen MR) is 47.1 cm³/mol. The fraction of sp³-hybridized carbons (Fsp3) is 0.111. The zero-order valence-electron chi connectivity index (χ0n) is 6.87. The molecule has 0 spiro atoms. The number of aromatic nitrogens is 1. The van der Waals surface area contributed by atoms with Crippen LogP contribution in [0.5, 0.6) is 0 Å². The molecule has 0 aliphatic heterocycles. The lowest BCUT2D eigenvalue weighted by Gasteiger charge is -2.01. The van der Waals surface area contributed by atoms with Gasteiger partial charge in [0.1, 0.15) is 0 Å². The molecule has 0 saturated heterocycles. The van der Waals surface area contributed by atoms with Crippen LogP contribution in [0.2, 0.25) is 0 Å². The summed E-state index contributed by atoms with van der Waals surface area (Å²) in [5.41, 5.74) is 1.67. The standard InChI is InChI=1S/C9H10N2O/c1-3-12-9(10)8-4-7(2)5-11-6-8/h3-6,10H,1H2,2H3. The Balaban J connectivity index is 2.87. The van der Waals surface area contributed by atoms with Crippen molar-refractivity contribution in [1.29, 1.82) is 5.41 Å². The summed E-state index contributed by atoms with van der Waals surface area (Å²) in [7, 11) is 0. The number of hydrogen-bond donors (Lipinski definition) is 1. The molecule has 1 N–H and O–H groups in total. The summed E-state index contributed by atoms with van der Waals surface area (Å²) in [6.07, 6.45) is 4.54. The number of nitrogens with one attached hydrogen (secondary N) is 1. The van der Waals surface area contributed by atoms with Crippen LogP contribution in [0.4, 0.5) is 0 Å². The van der Waals surface area contributed by atoms with Crippen LogP contribution < -0.4 is 0 Å². The van der Waals surface area contributed by atoms with Gasteiger partial charge < -0.3 is 4.74 Å². The third-order valence-corrected chi connectivity index (χ3v) is 1.34. The van der Waals surface area contributed by atoms with E-state index < -0.39 is 0 Å². The molecule has 3 heteroatoms. The molecule has 62 valence electrons. The van der Waals surface area contributed by atoms with E-state index in [-0.39, 0.29) is 5.90 Å². The highest BCUT2D eigenvalue weighted by molar-refractivity contribution is 5.91. The molecule has 1 aromatic rings. The molecule has 1 aromatic heterocycles. The SMILES string of the molecule is C=COC(=N)c1cncc(C)c1. The van der Waals surface area contributed by atoms with Crippen LogP contribution in [0.15, 0.2) is 31.3 Å². The van der Waals surface area contributed by atoms with Crippen molar-refractivity contribution in [2.45, 2.75) is 6.92 Å². The minimum Gasteiger partial charge on any atom is -0.447 e. The smallest absolute Gasteiger partial charge is 0.219 e. The zero-order valence-corrected chi connectivity index (χ0v) is 6.87. The summed E-state index contributed by atoms with van der Waals surface area (Å²) in [4.78, 5) is 3.93. The lowest BCUT2D eigenvalue weighted by molar-refractivity contribution is 0.471. The van der Waals surface area contributed by atoms with Crippen LogP contribution in [0, 0.1) is 12.3 Å². The summed E-state index contributed by atoms with van der Waals surface area (Å²) >= 11 is 0. The van der Waals surface area contributed by atoms with Crippen molar-refractivity contribution >= 4 is 5.90 Å². The molecule has 1 rings (SSSR count). The quantitative estimate of drug-likeness (QED) is 0.410. The Bertz CT molecular complexity index is 307. The third-order valence-electron chi connectivity index (χ3n) is 1.34. The average molecular weight is 162 g/mol. The van der Waals surface area contributed by atoms with E-state index in [0.29, 0.717) is 5.56 Å². The van der Waals surface area contributed by atoms with Crippen molar-refractivity contribution < 1.29 is 4.74 Å². The highest BCUT2D eigenvalue weighted by Gasteiger charge is 2.00. The molecule has 0 amide bonds. The lowest BCUT2D eigenvalue weighted by Crippen LogP contribution is -2.01. The zero-order chi connectivity index (χ0) is 8.97. The molecular formula is C9H10N2O. The highest BCUT2D eigenvalue weighted by Crippen LogP contribution is 2.02.